The molecule has 0 aromatic heterocycles. The van der Waals surface area contributed by atoms with E-state index in [-0.39, 0.29) is 19.6 Å². The Hall–Kier alpha value is -2.76. The molecule has 184 valence electrons. The molecule has 0 fully saturated rings. The Morgan fingerprint density at radius 1 is 0.771 bits per heavy atom. The Morgan fingerprint density at radius 2 is 1.40 bits per heavy atom. The van der Waals surface area contributed by atoms with Crippen LogP contribution in [0.3, 0.4) is 0 Å². The van der Waals surface area contributed by atoms with Crippen LogP contribution in [0.25, 0.3) is 0 Å². The molecule has 3 aromatic rings. The van der Waals surface area contributed by atoms with Gasteiger partial charge in [-0.25, -0.2) is 0 Å². The number of esters is 2. The van der Waals surface area contributed by atoms with E-state index in [1.54, 1.807) is 25.6 Å². The molecule has 35 heavy (non-hydrogen) atoms. The van der Waals surface area contributed by atoms with Gasteiger partial charge in [-0.3, -0.25) is 9.59 Å². The number of aryl methyl sites for hydroxylation is 3. The molecule has 0 saturated carbocycles. The van der Waals surface area contributed by atoms with Gasteiger partial charge in [0, 0.05) is 14.8 Å². The number of halogens is 1. The van der Waals surface area contributed by atoms with Crippen molar-refractivity contribution in [2.75, 3.05) is 13.2 Å². The fourth-order valence-corrected chi connectivity index (χ4v) is 5.03. The molecule has 0 bridgehead atoms. The highest BCUT2D eigenvalue weighted by atomic mass is 35.5. The van der Waals surface area contributed by atoms with E-state index in [4.69, 9.17) is 21.1 Å². The lowest BCUT2D eigenvalue weighted by atomic mass is 9.99. The number of carbonyl (C=O) groups excluding carboxylic acids is 2. The van der Waals surface area contributed by atoms with Gasteiger partial charge in [-0.15, -0.1) is 0 Å². The molecule has 0 amide bonds. The highest BCUT2D eigenvalue weighted by Gasteiger charge is 2.29. The van der Waals surface area contributed by atoms with Crippen molar-refractivity contribution in [3.05, 3.63) is 94.5 Å². The number of rotatable bonds is 12. The molecule has 0 saturated heterocycles. The van der Waals surface area contributed by atoms with Gasteiger partial charge in [0.05, 0.1) is 13.2 Å². The van der Waals surface area contributed by atoms with Crippen molar-refractivity contribution in [2.45, 2.75) is 49.3 Å². The third-order valence-corrected chi connectivity index (χ3v) is 6.88. The molecule has 0 aliphatic heterocycles. The highest BCUT2D eigenvalue weighted by Crippen LogP contribution is 2.32. The predicted molar refractivity (Wildman–Crippen MR) is 141 cm³/mol. The minimum absolute atomic E-state index is 0.217. The minimum Gasteiger partial charge on any atom is -0.465 e. The van der Waals surface area contributed by atoms with E-state index in [1.807, 2.05) is 24.3 Å². The smallest absolute Gasteiger partial charge is 0.320 e. The van der Waals surface area contributed by atoms with Crippen LogP contribution in [-0.2, 0) is 38.3 Å². The summed E-state index contributed by atoms with van der Waals surface area (Å²) in [4.78, 5) is 26.6. The van der Waals surface area contributed by atoms with E-state index in [0.29, 0.717) is 11.4 Å². The second kappa shape index (κ2) is 14.0. The van der Waals surface area contributed by atoms with Crippen LogP contribution in [0.5, 0.6) is 0 Å². The molecule has 0 atom stereocenters. The van der Waals surface area contributed by atoms with E-state index in [1.165, 1.54) is 11.1 Å². The average molecular weight is 511 g/mol. The van der Waals surface area contributed by atoms with Crippen LogP contribution < -0.4 is 0 Å². The maximum atomic E-state index is 12.2. The van der Waals surface area contributed by atoms with E-state index >= 15 is 0 Å². The van der Waals surface area contributed by atoms with Crippen molar-refractivity contribution in [3.8, 4) is 0 Å². The van der Waals surface area contributed by atoms with Crippen molar-refractivity contribution in [2.24, 2.45) is 5.92 Å². The average Bonchev–Trinajstić information content (AvgIpc) is 2.85. The zero-order valence-corrected chi connectivity index (χ0v) is 21.7. The van der Waals surface area contributed by atoms with Gasteiger partial charge in [0.2, 0.25) is 0 Å². The Bertz CT molecular complexity index is 1100. The van der Waals surface area contributed by atoms with Crippen LogP contribution in [0.15, 0.2) is 82.6 Å². The summed E-state index contributed by atoms with van der Waals surface area (Å²) in [6.45, 7) is 3.86. The third kappa shape index (κ3) is 8.44. The molecular formula is C29H31ClO4S. The Kier molecular flexibility index (Phi) is 10.7. The van der Waals surface area contributed by atoms with Crippen LogP contribution in [0, 0.1) is 5.92 Å². The second-order valence-corrected chi connectivity index (χ2v) is 9.64. The molecule has 3 rings (SSSR count). The molecule has 0 radical (unpaired) electrons. The molecule has 0 N–H and O–H groups in total. The van der Waals surface area contributed by atoms with Crippen LogP contribution in [0.1, 0.15) is 37.0 Å². The fourth-order valence-electron chi connectivity index (χ4n) is 3.75. The van der Waals surface area contributed by atoms with E-state index in [0.717, 1.165) is 28.2 Å². The minimum atomic E-state index is -0.946. The Morgan fingerprint density at radius 3 is 2.06 bits per heavy atom. The lowest BCUT2D eigenvalue weighted by Gasteiger charge is -2.15. The third-order valence-electron chi connectivity index (χ3n) is 5.55. The Balaban J connectivity index is 1.61. The lowest BCUT2D eigenvalue weighted by molar-refractivity contribution is -0.161. The summed E-state index contributed by atoms with van der Waals surface area (Å²) < 4.78 is 10.1. The van der Waals surface area contributed by atoms with Gasteiger partial charge in [0.1, 0.15) is 0 Å². The van der Waals surface area contributed by atoms with Gasteiger partial charge in [0.25, 0.3) is 0 Å². The zero-order chi connectivity index (χ0) is 25.0. The lowest BCUT2D eigenvalue weighted by Crippen LogP contribution is -2.28. The van der Waals surface area contributed by atoms with E-state index in [2.05, 4.69) is 48.5 Å². The number of carbonyl (C=O) groups is 2. The van der Waals surface area contributed by atoms with Crippen molar-refractivity contribution < 1.29 is 19.1 Å². The van der Waals surface area contributed by atoms with Crippen molar-refractivity contribution in [1.29, 1.82) is 0 Å². The first kappa shape index (κ1) is 26.8. The highest BCUT2D eigenvalue weighted by molar-refractivity contribution is 7.99. The van der Waals surface area contributed by atoms with Crippen LogP contribution in [0.4, 0.5) is 0 Å². The molecule has 0 aliphatic carbocycles. The summed E-state index contributed by atoms with van der Waals surface area (Å²) in [6, 6.07) is 25.0. The summed E-state index contributed by atoms with van der Waals surface area (Å²) in [5.41, 5.74) is 3.51. The van der Waals surface area contributed by atoms with Gasteiger partial charge in [-0.2, -0.15) is 0 Å². The molecule has 0 unspecified atom stereocenters. The van der Waals surface area contributed by atoms with Gasteiger partial charge >= 0.3 is 11.9 Å². The standard InChI is InChI=1S/C29H31ClO4S/c1-3-33-28(31)26(29(32)34-4-2)18-16-23-15-17-25(20-27(23)30)35-24-12-8-11-22(19-24)14-13-21-9-6-5-7-10-21/h5-12,15,17,19-20,26H,3-4,13-14,16,18H2,1-2H3. The van der Waals surface area contributed by atoms with Gasteiger partial charge < -0.3 is 9.47 Å². The summed E-state index contributed by atoms with van der Waals surface area (Å²) in [7, 11) is 0. The first-order valence-corrected chi connectivity index (χ1v) is 13.1. The van der Waals surface area contributed by atoms with Gasteiger partial charge in [-0.05, 0) is 80.5 Å². The summed E-state index contributed by atoms with van der Waals surface area (Å²) in [6.07, 6.45) is 2.75. The van der Waals surface area contributed by atoms with Crippen LogP contribution >= 0.6 is 23.4 Å². The van der Waals surface area contributed by atoms with Gasteiger partial charge in [-0.1, -0.05) is 71.9 Å². The number of benzene rings is 3. The monoisotopic (exact) mass is 510 g/mol. The second-order valence-electron chi connectivity index (χ2n) is 8.08. The largest absolute Gasteiger partial charge is 0.465 e. The SMILES string of the molecule is CCOC(=O)C(CCc1ccc(Sc2cccc(CCc3ccccc3)c2)cc1Cl)C(=O)OCC. The summed E-state index contributed by atoms with van der Waals surface area (Å²) >= 11 is 8.22. The molecule has 0 heterocycles. The molecule has 3 aromatic carbocycles. The first-order valence-electron chi connectivity index (χ1n) is 11.9. The van der Waals surface area contributed by atoms with E-state index < -0.39 is 17.9 Å². The predicted octanol–water partition coefficient (Wildman–Crippen LogP) is 6.95. The zero-order valence-electron chi connectivity index (χ0n) is 20.2. The van der Waals surface area contributed by atoms with Crippen molar-refractivity contribution >= 4 is 35.3 Å². The fraction of sp³-hybridized carbons (Fsp3) is 0.310. The molecule has 0 aliphatic rings. The number of ether oxygens (including phenoxy) is 2. The maximum absolute atomic E-state index is 12.2. The molecule has 4 nitrogen and oxygen atoms in total. The first-order chi connectivity index (χ1) is 17.0. The van der Waals surface area contributed by atoms with Crippen molar-refractivity contribution in [3.63, 3.8) is 0 Å². The van der Waals surface area contributed by atoms with Crippen LogP contribution in [0.2, 0.25) is 5.02 Å². The van der Waals surface area contributed by atoms with Crippen LogP contribution in [-0.4, -0.2) is 25.2 Å². The topological polar surface area (TPSA) is 52.6 Å². The van der Waals surface area contributed by atoms with Crippen molar-refractivity contribution in [1.82, 2.24) is 0 Å². The summed E-state index contributed by atoms with van der Waals surface area (Å²) in [5.74, 6) is -2.05. The van der Waals surface area contributed by atoms with Gasteiger partial charge in [0.15, 0.2) is 5.92 Å². The Labute approximate surface area is 217 Å². The quantitative estimate of drug-likeness (QED) is 0.195. The maximum Gasteiger partial charge on any atom is 0.320 e. The molecular weight excluding hydrogens is 480 g/mol. The normalized spacial score (nSPS) is 10.9. The summed E-state index contributed by atoms with van der Waals surface area (Å²) in [5, 5.41) is 0.613. The van der Waals surface area contributed by atoms with E-state index in [9.17, 15) is 9.59 Å². The number of hydrogen-bond acceptors (Lipinski definition) is 5. The molecule has 0 spiro atoms. The number of hydrogen-bond donors (Lipinski definition) is 0. The molecule has 6 heteroatoms.